The van der Waals surface area contributed by atoms with Crippen LogP contribution in [0.5, 0.6) is 5.75 Å². The van der Waals surface area contributed by atoms with Gasteiger partial charge in [-0.1, -0.05) is 52.5 Å². The van der Waals surface area contributed by atoms with Crippen LogP contribution in [-0.4, -0.2) is 35.2 Å². The molecule has 2 aromatic rings. The fourth-order valence-electron chi connectivity index (χ4n) is 2.74. The van der Waals surface area contributed by atoms with Gasteiger partial charge in [0.25, 0.3) is 11.1 Å². The standard InChI is InChI=1S/C21H15Cl4NO5S/c1-2-30-18(27)10-31-19-15(24)6-12(7-16(19)25)8-17-20(28)26(21(29)32-17)9-11-3-4-13(22)14(23)5-11/h3-8H,2,9-10H2,1H3/b17-8-. The summed E-state index contributed by atoms with van der Waals surface area (Å²) >= 11 is 25.2. The molecular formula is C21H15Cl4NO5S. The predicted octanol–water partition coefficient (Wildman–Crippen LogP) is 6.48. The molecule has 3 rings (SSSR count). The molecule has 0 spiro atoms. The van der Waals surface area contributed by atoms with E-state index in [1.165, 1.54) is 18.2 Å². The number of hydrogen-bond acceptors (Lipinski definition) is 6. The summed E-state index contributed by atoms with van der Waals surface area (Å²) < 4.78 is 10.1. The van der Waals surface area contributed by atoms with Crippen molar-refractivity contribution in [3.8, 4) is 5.75 Å². The smallest absolute Gasteiger partial charge is 0.344 e. The second-order valence-electron chi connectivity index (χ2n) is 6.42. The molecule has 1 saturated heterocycles. The highest BCUT2D eigenvalue weighted by Gasteiger charge is 2.35. The largest absolute Gasteiger partial charge is 0.479 e. The van der Waals surface area contributed by atoms with Gasteiger partial charge in [0.1, 0.15) is 0 Å². The molecule has 168 valence electrons. The number of amides is 2. The fourth-order valence-corrected chi connectivity index (χ4v) is 4.51. The third-order valence-corrected chi connectivity index (χ3v) is 6.36. The van der Waals surface area contributed by atoms with Crippen LogP contribution >= 0.6 is 58.2 Å². The van der Waals surface area contributed by atoms with Crippen molar-refractivity contribution in [2.75, 3.05) is 13.2 Å². The zero-order valence-corrected chi connectivity index (χ0v) is 20.3. The van der Waals surface area contributed by atoms with Crippen molar-refractivity contribution >= 4 is 81.4 Å². The molecule has 1 aliphatic heterocycles. The molecule has 0 atom stereocenters. The molecule has 0 aliphatic carbocycles. The Kier molecular flexibility index (Phi) is 8.36. The SMILES string of the molecule is CCOC(=O)COc1c(Cl)cc(/C=C2\SC(=O)N(Cc3ccc(Cl)c(Cl)c3)C2=O)cc1Cl. The monoisotopic (exact) mass is 533 g/mol. The summed E-state index contributed by atoms with van der Waals surface area (Å²) in [6.07, 6.45) is 1.51. The molecule has 0 radical (unpaired) electrons. The molecule has 1 fully saturated rings. The van der Waals surface area contributed by atoms with Gasteiger partial charge in [-0.2, -0.15) is 0 Å². The van der Waals surface area contributed by atoms with E-state index in [2.05, 4.69) is 0 Å². The van der Waals surface area contributed by atoms with Gasteiger partial charge in [0.05, 0.1) is 38.1 Å². The van der Waals surface area contributed by atoms with Gasteiger partial charge < -0.3 is 9.47 Å². The van der Waals surface area contributed by atoms with Crippen LogP contribution in [0.15, 0.2) is 35.2 Å². The zero-order chi connectivity index (χ0) is 23.4. The lowest BCUT2D eigenvalue weighted by Crippen LogP contribution is -2.27. The van der Waals surface area contributed by atoms with Gasteiger partial charge in [-0.3, -0.25) is 14.5 Å². The summed E-state index contributed by atoms with van der Waals surface area (Å²) in [5, 5.41) is 0.583. The maximum atomic E-state index is 12.8. The van der Waals surface area contributed by atoms with E-state index in [4.69, 9.17) is 55.9 Å². The fraction of sp³-hybridized carbons (Fsp3) is 0.190. The molecular weight excluding hydrogens is 520 g/mol. The number of imide groups is 1. The van der Waals surface area contributed by atoms with Crippen molar-refractivity contribution in [3.63, 3.8) is 0 Å². The Morgan fingerprint density at radius 2 is 1.72 bits per heavy atom. The Morgan fingerprint density at radius 1 is 1.03 bits per heavy atom. The molecule has 0 N–H and O–H groups in total. The van der Waals surface area contributed by atoms with E-state index in [0.717, 1.165) is 16.7 Å². The highest BCUT2D eigenvalue weighted by molar-refractivity contribution is 8.18. The number of halogens is 4. The molecule has 0 saturated carbocycles. The summed E-state index contributed by atoms with van der Waals surface area (Å²) in [7, 11) is 0. The normalized spacial score (nSPS) is 14.9. The number of rotatable bonds is 7. The lowest BCUT2D eigenvalue weighted by molar-refractivity contribution is -0.145. The van der Waals surface area contributed by atoms with Crippen LogP contribution in [0.25, 0.3) is 6.08 Å². The molecule has 1 heterocycles. The minimum Gasteiger partial charge on any atom is -0.479 e. The van der Waals surface area contributed by atoms with Crippen molar-refractivity contribution < 1.29 is 23.9 Å². The van der Waals surface area contributed by atoms with Crippen molar-refractivity contribution in [1.29, 1.82) is 0 Å². The van der Waals surface area contributed by atoms with E-state index >= 15 is 0 Å². The van der Waals surface area contributed by atoms with Crippen LogP contribution in [0.3, 0.4) is 0 Å². The molecule has 32 heavy (non-hydrogen) atoms. The molecule has 6 nitrogen and oxygen atoms in total. The number of nitrogens with zero attached hydrogens (tertiary/aromatic N) is 1. The summed E-state index contributed by atoms with van der Waals surface area (Å²) in [6.45, 7) is 1.61. The van der Waals surface area contributed by atoms with Crippen molar-refractivity contribution in [1.82, 2.24) is 4.90 Å². The topological polar surface area (TPSA) is 72.9 Å². The van der Waals surface area contributed by atoms with Gasteiger partial charge in [-0.05, 0) is 60.2 Å². The Bertz CT molecular complexity index is 1100. The Hall–Kier alpha value is -1.90. The van der Waals surface area contributed by atoms with Gasteiger partial charge in [0, 0.05) is 0 Å². The minimum absolute atomic E-state index is 0.0566. The first kappa shape index (κ1) is 24.7. The lowest BCUT2D eigenvalue weighted by Gasteiger charge is -2.13. The number of carbonyl (C=O) groups is 3. The first-order valence-corrected chi connectivity index (χ1v) is 11.5. The van der Waals surface area contributed by atoms with E-state index in [1.807, 2.05) is 0 Å². The van der Waals surface area contributed by atoms with Gasteiger partial charge in [0.15, 0.2) is 12.4 Å². The first-order valence-electron chi connectivity index (χ1n) is 9.16. The number of hydrogen-bond donors (Lipinski definition) is 0. The van der Waals surface area contributed by atoms with E-state index in [0.29, 0.717) is 21.2 Å². The average molecular weight is 535 g/mol. The predicted molar refractivity (Wildman–Crippen MR) is 127 cm³/mol. The van der Waals surface area contributed by atoms with Crippen molar-refractivity contribution in [2.24, 2.45) is 0 Å². The van der Waals surface area contributed by atoms with Crippen molar-refractivity contribution in [3.05, 3.63) is 66.5 Å². The number of esters is 1. The quantitative estimate of drug-likeness (QED) is 0.299. The van der Waals surface area contributed by atoms with Crippen LogP contribution in [0.2, 0.25) is 20.1 Å². The van der Waals surface area contributed by atoms with Crippen LogP contribution < -0.4 is 4.74 Å². The van der Waals surface area contributed by atoms with E-state index in [9.17, 15) is 14.4 Å². The lowest BCUT2D eigenvalue weighted by atomic mass is 10.2. The highest BCUT2D eigenvalue weighted by atomic mass is 35.5. The van der Waals surface area contributed by atoms with Crippen LogP contribution in [-0.2, 0) is 20.9 Å². The summed E-state index contributed by atoms with van der Waals surface area (Å²) in [5.74, 6) is -0.897. The second kappa shape index (κ2) is 10.8. The first-order chi connectivity index (χ1) is 15.2. The van der Waals surface area contributed by atoms with Gasteiger partial charge >= 0.3 is 5.97 Å². The minimum atomic E-state index is -0.556. The summed E-state index contributed by atoms with van der Waals surface area (Å²) in [6, 6.07) is 7.92. The Morgan fingerprint density at radius 3 is 2.34 bits per heavy atom. The third kappa shape index (κ3) is 5.91. The molecule has 0 aromatic heterocycles. The van der Waals surface area contributed by atoms with Gasteiger partial charge in [-0.15, -0.1) is 0 Å². The number of ether oxygens (including phenoxy) is 2. The number of carbonyl (C=O) groups excluding carboxylic acids is 3. The van der Waals surface area contributed by atoms with E-state index in [1.54, 1.807) is 25.1 Å². The molecule has 1 aliphatic rings. The van der Waals surface area contributed by atoms with Gasteiger partial charge in [0.2, 0.25) is 0 Å². The number of benzene rings is 2. The Balaban J connectivity index is 1.76. The van der Waals surface area contributed by atoms with Crippen LogP contribution in [0.4, 0.5) is 4.79 Å². The van der Waals surface area contributed by atoms with Crippen LogP contribution in [0.1, 0.15) is 18.1 Å². The maximum Gasteiger partial charge on any atom is 0.344 e. The zero-order valence-electron chi connectivity index (χ0n) is 16.5. The van der Waals surface area contributed by atoms with Crippen molar-refractivity contribution in [2.45, 2.75) is 13.5 Å². The van der Waals surface area contributed by atoms with E-state index < -0.39 is 17.1 Å². The second-order valence-corrected chi connectivity index (χ2v) is 9.05. The highest BCUT2D eigenvalue weighted by Crippen LogP contribution is 2.38. The van der Waals surface area contributed by atoms with Gasteiger partial charge in [-0.25, -0.2) is 4.79 Å². The molecule has 2 amide bonds. The number of thioether (sulfide) groups is 1. The maximum absolute atomic E-state index is 12.8. The third-order valence-electron chi connectivity index (χ3n) is 4.16. The summed E-state index contributed by atoms with van der Waals surface area (Å²) in [5.41, 5.74) is 1.15. The Labute approximate surface area is 208 Å². The molecule has 2 aromatic carbocycles. The van der Waals surface area contributed by atoms with E-state index in [-0.39, 0.29) is 40.5 Å². The summed E-state index contributed by atoms with van der Waals surface area (Å²) in [4.78, 5) is 37.9. The van der Waals surface area contributed by atoms with Crippen LogP contribution in [0, 0.1) is 0 Å². The molecule has 0 bridgehead atoms. The molecule has 11 heteroatoms. The molecule has 0 unspecified atom stereocenters. The average Bonchev–Trinajstić information content (AvgIpc) is 2.97.